The molecule has 0 radical (unpaired) electrons. The fourth-order valence-electron chi connectivity index (χ4n) is 4.79. The Kier molecular flexibility index (Phi) is 4.96. The summed E-state index contributed by atoms with van der Waals surface area (Å²) in [6.07, 6.45) is -3.00. The van der Waals surface area contributed by atoms with Gasteiger partial charge >= 0.3 is 12.2 Å². The minimum Gasteiger partial charge on any atom is -0.324 e. The molecule has 0 bridgehead atoms. The standard InChI is InChI=1S/C21H23F3N4O/c1-12-7-13(2)26-19(25-12)27-20(29)28-10-15-8-14(9-16(15)11-28)17-5-3-4-6-18(17)21(22,23)24/h3-7,14-16H,8-11H2,1-2H3,(H,25,26,27,29)/t14?,15-,16+. The molecular weight excluding hydrogens is 381 g/mol. The van der Waals surface area contributed by atoms with E-state index in [0.717, 1.165) is 17.5 Å². The summed E-state index contributed by atoms with van der Waals surface area (Å²) >= 11 is 0. The lowest BCUT2D eigenvalue weighted by molar-refractivity contribution is -0.138. The summed E-state index contributed by atoms with van der Waals surface area (Å²) in [7, 11) is 0. The SMILES string of the molecule is Cc1cc(C)nc(NC(=O)N2C[C@H]3CC(c4ccccc4C(F)(F)F)C[C@H]3C2)n1. The molecule has 29 heavy (non-hydrogen) atoms. The topological polar surface area (TPSA) is 58.1 Å². The highest BCUT2D eigenvalue weighted by molar-refractivity contribution is 5.87. The number of nitrogens with zero attached hydrogens (tertiary/aromatic N) is 3. The van der Waals surface area contributed by atoms with Crippen molar-refractivity contribution in [3.63, 3.8) is 0 Å². The first-order chi connectivity index (χ1) is 13.7. The van der Waals surface area contributed by atoms with Crippen LogP contribution < -0.4 is 5.32 Å². The highest BCUT2D eigenvalue weighted by Crippen LogP contribution is 2.48. The van der Waals surface area contributed by atoms with Crippen LogP contribution in [0.1, 0.15) is 41.3 Å². The van der Waals surface area contributed by atoms with E-state index in [0.29, 0.717) is 31.5 Å². The molecule has 4 rings (SSSR count). The van der Waals surface area contributed by atoms with Crippen molar-refractivity contribution in [3.05, 3.63) is 52.8 Å². The van der Waals surface area contributed by atoms with Crippen LogP contribution in [0.3, 0.4) is 0 Å². The van der Waals surface area contributed by atoms with Gasteiger partial charge in [0.2, 0.25) is 5.95 Å². The van der Waals surface area contributed by atoms with Gasteiger partial charge in [-0.05, 0) is 62.1 Å². The normalized spacial score (nSPS) is 23.9. The quantitative estimate of drug-likeness (QED) is 0.784. The number of carbonyl (C=O) groups excluding carboxylic acids is 1. The zero-order valence-electron chi connectivity index (χ0n) is 16.3. The number of carbonyl (C=O) groups is 1. The molecule has 1 saturated heterocycles. The fourth-order valence-corrected chi connectivity index (χ4v) is 4.79. The number of nitrogens with one attached hydrogen (secondary N) is 1. The summed E-state index contributed by atoms with van der Waals surface area (Å²) < 4.78 is 40.1. The van der Waals surface area contributed by atoms with Gasteiger partial charge in [-0.15, -0.1) is 0 Å². The van der Waals surface area contributed by atoms with Crippen LogP contribution in [0.4, 0.5) is 23.9 Å². The number of aromatic nitrogens is 2. The molecule has 154 valence electrons. The van der Waals surface area contributed by atoms with E-state index in [9.17, 15) is 18.0 Å². The summed E-state index contributed by atoms with van der Waals surface area (Å²) in [5.74, 6) is 0.594. The molecule has 1 aliphatic carbocycles. The van der Waals surface area contributed by atoms with Crippen LogP contribution in [0.5, 0.6) is 0 Å². The van der Waals surface area contributed by atoms with E-state index in [4.69, 9.17) is 0 Å². The van der Waals surface area contributed by atoms with Gasteiger partial charge in [0.25, 0.3) is 0 Å². The first-order valence-corrected chi connectivity index (χ1v) is 9.75. The van der Waals surface area contributed by atoms with Crippen LogP contribution in [0.2, 0.25) is 0 Å². The van der Waals surface area contributed by atoms with Gasteiger partial charge in [-0.1, -0.05) is 18.2 Å². The largest absolute Gasteiger partial charge is 0.416 e. The summed E-state index contributed by atoms with van der Waals surface area (Å²) in [6, 6.07) is 7.43. The third kappa shape index (κ3) is 4.06. The Morgan fingerprint density at radius 1 is 1.07 bits per heavy atom. The van der Waals surface area contributed by atoms with Crippen molar-refractivity contribution < 1.29 is 18.0 Å². The fraction of sp³-hybridized carbons (Fsp3) is 0.476. The second-order valence-electron chi connectivity index (χ2n) is 8.08. The lowest BCUT2D eigenvalue weighted by Gasteiger charge is -2.21. The van der Waals surface area contributed by atoms with Gasteiger partial charge in [0.05, 0.1) is 5.56 Å². The molecule has 2 fully saturated rings. The van der Waals surface area contributed by atoms with Crippen molar-refractivity contribution in [1.82, 2.24) is 14.9 Å². The Balaban J connectivity index is 1.41. The molecule has 1 aliphatic heterocycles. The number of anilines is 1. The molecule has 3 atom stereocenters. The number of hydrogen-bond donors (Lipinski definition) is 1. The second kappa shape index (κ2) is 7.31. The molecule has 1 unspecified atom stereocenters. The maximum absolute atomic E-state index is 13.4. The predicted molar refractivity (Wildman–Crippen MR) is 102 cm³/mol. The summed E-state index contributed by atoms with van der Waals surface area (Å²) in [4.78, 5) is 22.8. The lowest BCUT2D eigenvalue weighted by atomic mass is 9.91. The van der Waals surface area contributed by atoms with E-state index in [1.54, 1.807) is 17.0 Å². The molecule has 0 spiro atoms. The number of halogens is 3. The summed E-state index contributed by atoms with van der Waals surface area (Å²) in [6.45, 7) is 4.77. The molecule has 1 saturated carbocycles. The number of amides is 2. The number of hydrogen-bond acceptors (Lipinski definition) is 3. The zero-order valence-corrected chi connectivity index (χ0v) is 16.3. The average molecular weight is 404 g/mol. The molecule has 1 N–H and O–H groups in total. The lowest BCUT2D eigenvalue weighted by Crippen LogP contribution is -2.34. The number of likely N-dealkylation sites (tertiary alicyclic amines) is 1. The van der Waals surface area contributed by atoms with Gasteiger partial charge in [0, 0.05) is 24.5 Å². The molecule has 2 amide bonds. The van der Waals surface area contributed by atoms with Crippen LogP contribution in [0.25, 0.3) is 0 Å². The maximum atomic E-state index is 13.4. The van der Waals surface area contributed by atoms with Crippen molar-refractivity contribution in [3.8, 4) is 0 Å². The van der Waals surface area contributed by atoms with E-state index >= 15 is 0 Å². The monoisotopic (exact) mass is 404 g/mol. The average Bonchev–Trinajstić information content (AvgIpc) is 3.19. The smallest absolute Gasteiger partial charge is 0.324 e. The maximum Gasteiger partial charge on any atom is 0.416 e. The molecule has 2 aromatic rings. The molecule has 1 aromatic carbocycles. The highest BCUT2D eigenvalue weighted by atomic mass is 19.4. The van der Waals surface area contributed by atoms with E-state index in [1.807, 2.05) is 19.9 Å². The molecule has 2 heterocycles. The van der Waals surface area contributed by atoms with Crippen LogP contribution in [0, 0.1) is 25.7 Å². The number of benzene rings is 1. The Bertz CT molecular complexity index is 896. The zero-order chi connectivity index (χ0) is 20.8. The number of rotatable bonds is 2. The molecule has 2 aliphatic rings. The van der Waals surface area contributed by atoms with Gasteiger partial charge in [-0.25, -0.2) is 14.8 Å². The first-order valence-electron chi connectivity index (χ1n) is 9.75. The van der Waals surface area contributed by atoms with Crippen molar-refractivity contribution in [2.75, 3.05) is 18.4 Å². The van der Waals surface area contributed by atoms with Crippen LogP contribution in [0.15, 0.2) is 30.3 Å². The third-order valence-electron chi connectivity index (χ3n) is 5.95. The summed E-state index contributed by atoms with van der Waals surface area (Å²) in [5, 5.41) is 2.74. The van der Waals surface area contributed by atoms with Crippen molar-refractivity contribution >= 4 is 12.0 Å². The summed E-state index contributed by atoms with van der Waals surface area (Å²) in [5.41, 5.74) is 1.40. The van der Waals surface area contributed by atoms with Crippen molar-refractivity contribution in [2.45, 2.75) is 38.8 Å². The Morgan fingerprint density at radius 2 is 1.66 bits per heavy atom. The molecular formula is C21H23F3N4O. The highest BCUT2D eigenvalue weighted by Gasteiger charge is 2.45. The van der Waals surface area contributed by atoms with Crippen LogP contribution >= 0.6 is 0 Å². The minimum absolute atomic E-state index is 0.115. The molecule has 1 aromatic heterocycles. The van der Waals surface area contributed by atoms with Gasteiger partial charge in [0.15, 0.2) is 0 Å². The van der Waals surface area contributed by atoms with E-state index < -0.39 is 11.7 Å². The van der Waals surface area contributed by atoms with E-state index in [1.165, 1.54) is 6.07 Å². The van der Waals surface area contributed by atoms with Gasteiger partial charge in [-0.3, -0.25) is 5.32 Å². The molecule has 5 nitrogen and oxygen atoms in total. The van der Waals surface area contributed by atoms with Gasteiger partial charge in [-0.2, -0.15) is 13.2 Å². The minimum atomic E-state index is -4.34. The molecule has 8 heteroatoms. The Morgan fingerprint density at radius 3 is 2.24 bits per heavy atom. The van der Waals surface area contributed by atoms with Gasteiger partial charge < -0.3 is 4.90 Å². The van der Waals surface area contributed by atoms with E-state index in [2.05, 4.69) is 15.3 Å². The number of fused-ring (bicyclic) bond motifs is 1. The number of aryl methyl sites for hydroxylation is 2. The number of alkyl halides is 3. The van der Waals surface area contributed by atoms with Crippen LogP contribution in [-0.2, 0) is 6.18 Å². The van der Waals surface area contributed by atoms with Gasteiger partial charge in [0.1, 0.15) is 0 Å². The third-order valence-corrected chi connectivity index (χ3v) is 5.95. The van der Waals surface area contributed by atoms with E-state index in [-0.39, 0.29) is 29.7 Å². The Hall–Kier alpha value is -2.64. The Labute approximate surface area is 167 Å². The predicted octanol–water partition coefficient (Wildman–Crippen LogP) is 4.77. The van der Waals surface area contributed by atoms with Crippen LogP contribution in [-0.4, -0.2) is 34.0 Å². The van der Waals surface area contributed by atoms with Crippen molar-refractivity contribution in [1.29, 1.82) is 0 Å². The van der Waals surface area contributed by atoms with Crippen molar-refractivity contribution in [2.24, 2.45) is 11.8 Å². The second-order valence-corrected chi connectivity index (χ2v) is 8.08. The first kappa shape index (κ1) is 19.7. The number of urea groups is 1.